The molecule has 1 N–H and O–H groups in total. The van der Waals surface area contributed by atoms with E-state index in [1.165, 1.54) is 0 Å². The standard InChI is InChI=1S/C21H25BrClN5O2/c1-3-5-10-28-21(25-26-27-28)24-13-16-11-18(22)20(19(12-16)29-4-2)30-14-15-6-8-17(23)9-7-15/h6-9,11-12H,3-5,10,13-14H2,1-2H3,(H,24,25,27). The number of nitrogens with zero attached hydrogens (tertiary/aromatic N) is 4. The molecular formula is C21H25BrClN5O2. The number of hydrogen-bond donors (Lipinski definition) is 1. The number of tetrazole rings is 1. The highest BCUT2D eigenvalue weighted by Crippen LogP contribution is 2.37. The number of anilines is 1. The fourth-order valence-electron chi connectivity index (χ4n) is 2.83. The maximum Gasteiger partial charge on any atom is 0.243 e. The molecule has 0 fully saturated rings. The van der Waals surface area contributed by atoms with Crippen LogP contribution in [0.3, 0.4) is 0 Å². The third-order valence-electron chi connectivity index (χ3n) is 4.37. The van der Waals surface area contributed by atoms with Crippen molar-refractivity contribution < 1.29 is 9.47 Å². The summed E-state index contributed by atoms with van der Waals surface area (Å²) in [7, 11) is 0. The van der Waals surface area contributed by atoms with Crippen molar-refractivity contribution in [2.45, 2.75) is 46.4 Å². The minimum absolute atomic E-state index is 0.416. The average Bonchev–Trinajstić information content (AvgIpc) is 3.19. The number of rotatable bonds is 11. The van der Waals surface area contributed by atoms with Gasteiger partial charge in [-0.2, -0.15) is 0 Å². The summed E-state index contributed by atoms with van der Waals surface area (Å²) in [4.78, 5) is 0. The third kappa shape index (κ3) is 6.09. The molecule has 3 rings (SSSR count). The van der Waals surface area contributed by atoms with E-state index in [2.05, 4.69) is 43.7 Å². The van der Waals surface area contributed by atoms with E-state index in [9.17, 15) is 0 Å². The van der Waals surface area contributed by atoms with Crippen molar-refractivity contribution in [3.8, 4) is 11.5 Å². The summed E-state index contributed by atoms with van der Waals surface area (Å²) in [5.41, 5.74) is 2.05. The number of hydrogen-bond acceptors (Lipinski definition) is 6. The molecule has 3 aromatic rings. The van der Waals surface area contributed by atoms with E-state index >= 15 is 0 Å². The van der Waals surface area contributed by atoms with Crippen LogP contribution in [0, 0.1) is 0 Å². The van der Waals surface area contributed by atoms with Crippen molar-refractivity contribution in [3.63, 3.8) is 0 Å². The average molecular weight is 495 g/mol. The van der Waals surface area contributed by atoms with Gasteiger partial charge >= 0.3 is 0 Å². The summed E-state index contributed by atoms with van der Waals surface area (Å²) in [6.45, 7) is 6.39. The van der Waals surface area contributed by atoms with Crippen LogP contribution in [-0.4, -0.2) is 26.8 Å². The zero-order chi connectivity index (χ0) is 21.3. The minimum Gasteiger partial charge on any atom is -0.490 e. The summed E-state index contributed by atoms with van der Waals surface area (Å²) in [6.07, 6.45) is 2.11. The Hall–Kier alpha value is -2.32. The number of aryl methyl sites for hydroxylation is 1. The van der Waals surface area contributed by atoms with E-state index < -0.39 is 0 Å². The van der Waals surface area contributed by atoms with Gasteiger partial charge in [-0.25, -0.2) is 4.68 Å². The summed E-state index contributed by atoms with van der Waals surface area (Å²) in [6, 6.07) is 11.6. The fourth-order valence-corrected chi connectivity index (χ4v) is 3.56. The van der Waals surface area contributed by atoms with E-state index in [-0.39, 0.29) is 0 Å². The van der Waals surface area contributed by atoms with Gasteiger partial charge in [0.05, 0.1) is 11.1 Å². The van der Waals surface area contributed by atoms with E-state index in [0.29, 0.717) is 42.2 Å². The van der Waals surface area contributed by atoms with Gasteiger partial charge in [0, 0.05) is 18.1 Å². The number of unbranched alkanes of at least 4 members (excludes halogenated alkanes) is 1. The van der Waals surface area contributed by atoms with Crippen molar-refractivity contribution in [2.75, 3.05) is 11.9 Å². The molecule has 0 aliphatic heterocycles. The molecule has 0 unspecified atom stereocenters. The second-order valence-electron chi connectivity index (χ2n) is 6.69. The van der Waals surface area contributed by atoms with Gasteiger partial charge in [-0.3, -0.25) is 0 Å². The lowest BCUT2D eigenvalue weighted by molar-refractivity contribution is 0.267. The first kappa shape index (κ1) is 22.4. The lowest BCUT2D eigenvalue weighted by atomic mass is 10.2. The highest BCUT2D eigenvalue weighted by molar-refractivity contribution is 9.10. The molecule has 160 valence electrons. The lowest BCUT2D eigenvalue weighted by Crippen LogP contribution is -2.09. The van der Waals surface area contributed by atoms with Gasteiger partial charge < -0.3 is 14.8 Å². The maximum atomic E-state index is 6.04. The molecule has 0 aliphatic rings. The molecular weight excluding hydrogens is 470 g/mol. The molecule has 0 saturated heterocycles. The van der Waals surface area contributed by atoms with Crippen LogP contribution in [0.4, 0.5) is 5.95 Å². The van der Waals surface area contributed by atoms with Crippen molar-refractivity contribution in [2.24, 2.45) is 0 Å². The second-order valence-corrected chi connectivity index (χ2v) is 7.98. The SMILES string of the molecule is CCCCn1nnnc1NCc1cc(Br)c(OCc2ccc(Cl)cc2)c(OCC)c1. The first-order valence-electron chi connectivity index (χ1n) is 9.93. The number of halogens is 2. The Bertz CT molecular complexity index is 949. The number of aromatic nitrogens is 4. The number of nitrogens with one attached hydrogen (secondary N) is 1. The molecule has 7 nitrogen and oxygen atoms in total. The largest absolute Gasteiger partial charge is 0.490 e. The smallest absolute Gasteiger partial charge is 0.243 e. The minimum atomic E-state index is 0.416. The predicted octanol–water partition coefficient (Wildman–Crippen LogP) is 5.48. The third-order valence-corrected chi connectivity index (χ3v) is 5.21. The molecule has 1 heterocycles. The van der Waals surface area contributed by atoms with E-state index in [0.717, 1.165) is 35.0 Å². The van der Waals surface area contributed by atoms with Gasteiger partial charge in [0.25, 0.3) is 0 Å². The number of benzene rings is 2. The predicted molar refractivity (Wildman–Crippen MR) is 121 cm³/mol. The normalized spacial score (nSPS) is 10.8. The summed E-state index contributed by atoms with van der Waals surface area (Å²) in [5.74, 6) is 2.01. The second kappa shape index (κ2) is 11.2. The lowest BCUT2D eigenvalue weighted by Gasteiger charge is -2.16. The van der Waals surface area contributed by atoms with Crippen LogP contribution >= 0.6 is 27.5 Å². The molecule has 2 aromatic carbocycles. The molecule has 0 saturated carbocycles. The summed E-state index contributed by atoms with van der Waals surface area (Å²) in [5, 5.41) is 15.9. The Balaban J connectivity index is 1.70. The van der Waals surface area contributed by atoms with E-state index in [1.807, 2.05) is 43.3 Å². The maximum absolute atomic E-state index is 6.04. The molecule has 30 heavy (non-hydrogen) atoms. The molecule has 0 spiro atoms. The van der Waals surface area contributed by atoms with Gasteiger partial charge in [0.1, 0.15) is 6.61 Å². The van der Waals surface area contributed by atoms with Gasteiger partial charge in [-0.1, -0.05) is 42.2 Å². The molecule has 0 atom stereocenters. The van der Waals surface area contributed by atoms with E-state index in [1.54, 1.807) is 4.68 Å². The van der Waals surface area contributed by atoms with Crippen LogP contribution in [0.15, 0.2) is 40.9 Å². The number of ether oxygens (including phenoxy) is 2. The Morgan fingerprint density at radius 1 is 1.10 bits per heavy atom. The van der Waals surface area contributed by atoms with Gasteiger partial charge in [0.2, 0.25) is 5.95 Å². The first-order valence-corrected chi connectivity index (χ1v) is 11.1. The van der Waals surface area contributed by atoms with Crippen LogP contribution in [0.25, 0.3) is 0 Å². The van der Waals surface area contributed by atoms with Crippen molar-refractivity contribution in [1.29, 1.82) is 0 Å². The molecule has 0 bridgehead atoms. The fraction of sp³-hybridized carbons (Fsp3) is 0.381. The molecule has 9 heteroatoms. The monoisotopic (exact) mass is 493 g/mol. The molecule has 0 radical (unpaired) electrons. The first-order chi connectivity index (χ1) is 14.6. The summed E-state index contributed by atoms with van der Waals surface area (Å²) >= 11 is 9.57. The van der Waals surface area contributed by atoms with Crippen LogP contribution in [0.5, 0.6) is 11.5 Å². The van der Waals surface area contributed by atoms with Gasteiger partial charge in [0.15, 0.2) is 11.5 Å². The van der Waals surface area contributed by atoms with Crippen LogP contribution in [-0.2, 0) is 19.7 Å². The van der Waals surface area contributed by atoms with Crippen LogP contribution in [0.2, 0.25) is 5.02 Å². The molecule has 0 amide bonds. The zero-order valence-corrected chi connectivity index (χ0v) is 19.4. The Morgan fingerprint density at radius 2 is 1.90 bits per heavy atom. The van der Waals surface area contributed by atoms with Crippen molar-refractivity contribution in [3.05, 3.63) is 57.0 Å². The highest BCUT2D eigenvalue weighted by Gasteiger charge is 2.14. The van der Waals surface area contributed by atoms with Gasteiger partial charge in [-0.05, 0) is 75.1 Å². The Morgan fingerprint density at radius 3 is 2.63 bits per heavy atom. The van der Waals surface area contributed by atoms with E-state index in [4.69, 9.17) is 21.1 Å². The zero-order valence-electron chi connectivity index (χ0n) is 17.1. The van der Waals surface area contributed by atoms with Crippen molar-refractivity contribution >= 4 is 33.5 Å². The van der Waals surface area contributed by atoms with Crippen LogP contribution < -0.4 is 14.8 Å². The topological polar surface area (TPSA) is 74.1 Å². The Labute approximate surface area is 189 Å². The van der Waals surface area contributed by atoms with Gasteiger partial charge in [-0.15, -0.1) is 0 Å². The Kier molecular flexibility index (Phi) is 8.33. The quantitative estimate of drug-likeness (QED) is 0.380. The molecule has 0 aliphatic carbocycles. The highest BCUT2D eigenvalue weighted by atomic mass is 79.9. The van der Waals surface area contributed by atoms with Crippen LogP contribution in [0.1, 0.15) is 37.8 Å². The summed E-state index contributed by atoms with van der Waals surface area (Å²) < 4.78 is 14.5. The molecule has 1 aromatic heterocycles. The van der Waals surface area contributed by atoms with Crippen molar-refractivity contribution in [1.82, 2.24) is 20.2 Å².